The topological polar surface area (TPSA) is 67.9 Å². The van der Waals surface area contributed by atoms with Gasteiger partial charge in [0.05, 0.1) is 24.1 Å². The molecule has 5 nitrogen and oxygen atoms in total. The molecule has 1 saturated heterocycles. The van der Waals surface area contributed by atoms with Crippen molar-refractivity contribution in [1.82, 2.24) is 9.55 Å². The average molecular weight is 376 g/mol. The fraction of sp³-hybridized carbons (Fsp3) is 0.611. The van der Waals surface area contributed by atoms with Crippen molar-refractivity contribution in [3.63, 3.8) is 0 Å². The van der Waals surface area contributed by atoms with Crippen molar-refractivity contribution in [2.45, 2.75) is 62.8 Å². The maximum Gasteiger partial charge on any atom is 0.263 e. The van der Waals surface area contributed by atoms with Crippen molar-refractivity contribution < 1.29 is 4.74 Å². The first-order valence-electron chi connectivity index (χ1n) is 8.94. The minimum absolute atomic E-state index is 0.0827. The Balaban J connectivity index is 1.79. The van der Waals surface area contributed by atoms with Crippen LogP contribution in [0.2, 0.25) is 0 Å². The van der Waals surface area contributed by atoms with Gasteiger partial charge in [0.1, 0.15) is 4.83 Å². The number of thioether (sulfide) groups is 1. The zero-order valence-corrected chi connectivity index (χ0v) is 15.8. The normalized spacial score (nSPS) is 19.9. The molecule has 2 aliphatic rings. The summed E-state index contributed by atoms with van der Waals surface area (Å²) < 4.78 is 7.56. The molecule has 0 bridgehead atoms. The van der Waals surface area contributed by atoms with Crippen LogP contribution in [0, 0.1) is 11.3 Å². The minimum Gasteiger partial charge on any atom is -0.376 e. The van der Waals surface area contributed by atoms with E-state index in [1.807, 2.05) is 4.57 Å². The average Bonchev–Trinajstić information content (AvgIpc) is 3.25. The predicted octanol–water partition coefficient (Wildman–Crippen LogP) is 3.52. The molecular formula is C18H21N3O2S2. The number of rotatable bonds is 5. The zero-order chi connectivity index (χ0) is 17.2. The highest BCUT2D eigenvalue weighted by Gasteiger charge is 2.24. The smallest absolute Gasteiger partial charge is 0.263 e. The monoisotopic (exact) mass is 375 g/mol. The Morgan fingerprint density at radius 1 is 1.36 bits per heavy atom. The lowest BCUT2D eigenvalue weighted by atomic mass is 9.97. The minimum atomic E-state index is 0.0827. The molecule has 0 radical (unpaired) electrons. The van der Waals surface area contributed by atoms with E-state index in [0.29, 0.717) is 18.7 Å². The van der Waals surface area contributed by atoms with Gasteiger partial charge in [-0.2, -0.15) is 5.26 Å². The van der Waals surface area contributed by atoms with Gasteiger partial charge < -0.3 is 4.74 Å². The molecule has 1 unspecified atom stereocenters. The molecule has 1 aliphatic heterocycles. The highest BCUT2D eigenvalue weighted by Crippen LogP contribution is 2.35. The second kappa shape index (κ2) is 7.48. The van der Waals surface area contributed by atoms with E-state index >= 15 is 0 Å². The number of aromatic nitrogens is 2. The molecule has 0 spiro atoms. The van der Waals surface area contributed by atoms with Crippen molar-refractivity contribution in [3.8, 4) is 6.07 Å². The first-order valence-corrected chi connectivity index (χ1v) is 10.7. The van der Waals surface area contributed by atoms with Gasteiger partial charge in [0.25, 0.3) is 5.56 Å². The Labute approximate surface area is 155 Å². The summed E-state index contributed by atoms with van der Waals surface area (Å²) in [5.41, 5.74) is 1.32. The summed E-state index contributed by atoms with van der Waals surface area (Å²) in [6.45, 7) is 1.35. The van der Waals surface area contributed by atoms with Gasteiger partial charge >= 0.3 is 0 Å². The quantitative estimate of drug-likeness (QED) is 0.454. The largest absolute Gasteiger partial charge is 0.376 e. The molecule has 132 valence electrons. The molecular weight excluding hydrogens is 354 g/mol. The highest BCUT2D eigenvalue weighted by molar-refractivity contribution is 7.99. The van der Waals surface area contributed by atoms with Crippen LogP contribution in [0.25, 0.3) is 10.2 Å². The molecule has 0 aromatic carbocycles. The van der Waals surface area contributed by atoms with Crippen molar-refractivity contribution in [1.29, 1.82) is 5.26 Å². The molecule has 0 N–H and O–H groups in total. The third-order valence-electron chi connectivity index (χ3n) is 4.90. The van der Waals surface area contributed by atoms with Crippen LogP contribution in [-0.2, 0) is 24.1 Å². The van der Waals surface area contributed by atoms with E-state index in [0.717, 1.165) is 54.1 Å². The summed E-state index contributed by atoms with van der Waals surface area (Å²) in [7, 11) is 0. The summed E-state index contributed by atoms with van der Waals surface area (Å²) in [4.78, 5) is 20.3. The third kappa shape index (κ3) is 3.35. The fourth-order valence-electron chi connectivity index (χ4n) is 3.67. The number of nitrogens with zero attached hydrogens (tertiary/aromatic N) is 3. The van der Waals surface area contributed by atoms with Crippen LogP contribution in [0.3, 0.4) is 0 Å². The zero-order valence-electron chi connectivity index (χ0n) is 14.1. The highest BCUT2D eigenvalue weighted by atomic mass is 32.2. The van der Waals surface area contributed by atoms with Gasteiger partial charge in [0.2, 0.25) is 0 Å². The molecule has 1 fully saturated rings. The van der Waals surface area contributed by atoms with Gasteiger partial charge in [-0.1, -0.05) is 11.8 Å². The Morgan fingerprint density at radius 3 is 3.04 bits per heavy atom. The van der Waals surface area contributed by atoms with E-state index in [4.69, 9.17) is 15.0 Å². The maximum absolute atomic E-state index is 13.3. The lowest BCUT2D eigenvalue weighted by Crippen LogP contribution is -2.29. The Kier molecular flexibility index (Phi) is 5.11. The van der Waals surface area contributed by atoms with E-state index in [2.05, 4.69) is 6.07 Å². The number of aryl methyl sites for hydroxylation is 2. The molecule has 1 atom stereocenters. The molecule has 7 heteroatoms. The van der Waals surface area contributed by atoms with Gasteiger partial charge in [0, 0.05) is 23.7 Å². The Bertz CT molecular complexity index is 875. The lowest BCUT2D eigenvalue weighted by molar-refractivity contribution is 0.0937. The van der Waals surface area contributed by atoms with E-state index in [9.17, 15) is 4.79 Å². The molecule has 2 aromatic heterocycles. The molecule has 2 aromatic rings. The standard InChI is InChI=1S/C18H21N3O2S2/c19-8-4-10-24-18-20-16-15(13-6-1-2-7-14(13)25-16)17(22)21(18)11-12-5-3-9-23-12/h12H,1-7,9-11H2. The first-order chi connectivity index (χ1) is 12.3. The van der Waals surface area contributed by atoms with E-state index in [1.54, 1.807) is 11.3 Å². The number of ether oxygens (including phenoxy) is 1. The molecule has 3 heterocycles. The third-order valence-corrected chi connectivity index (χ3v) is 7.06. The maximum atomic E-state index is 13.3. The number of hydrogen-bond acceptors (Lipinski definition) is 6. The molecule has 4 rings (SSSR count). The van der Waals surface area contributed by atoms with Crippen molar-refractivity contribution in [2.24, 2.45) is 0 Å². The van der Waals surface area contributed by atoms with Gasteiger partial charge in [-0.05, 0) is 44.1 Å². The number of fused-ring (bicyclic) bond motifs is 3. The second-order valence-corrected chi connectivity index (χ2v) is 8.74. The lowest BCUT2D eigenvalue weighted by Gasteiger charge is -2.16. The van der Waals surface area contributed by atoms with Gasteiger partial charge in [-0.15, -0.1) is 11.3 Å². The van der Waals surface area contributed by atoms with Crippen molar-refractivity contribution in [3.05, 3.63) is 20.8 Å². The van der Waals surface area contributed by atoms with Crippen molar-refractivity contribution >= 4 is 33.3 Å². The first kappa shape index (κ1) is 17.1. The predicted molar refractivity (Wildman–Crippen MR) is 100 cm³/mol. The number of thiophene rings is 1. The fourth-order valence-corrected chi connectivity index (χ4v) is 5.83. The Hall–Kier alpha value is -1.36. The Morgan fingerprint density at radius 2 is 2.24 bits per heavy atom. The van der Waals surface area contributed by atoms with E-state index in [1.165, 1.54) is 28.6 Å². The van der Waals surface area contributed by atoms with Gasteiger partial charge in [-0.25, -0.2) is 4.98 Å². The van der Waals surface area contributed by atoms with Gasteiger partial charge in [-0.3, -0.25) is 9.36 Å². The number of nitriles is 1. The molecule has 0 saturated carbocycles. The summed E-state index contributed by atoms with van der Waals surface area (Å²) in [5.74, 6) is 0.658. The number of hydrogen-bond donors (Lipinski definition) is 0. The molecule has 25 heavy (non-hydrogen) atoms. The van der Waals surface area contributed by atoms with Gasteiger partial charge in [0.15, 0.2) is 5.16 Å². The summed E-state index contributed by atoms with van der Waals surface area (Å²) in [6, 6.07) is 2.16. The van der Waals surface area contributed by atoms with Crippen LogP contribution < -0.4 is 5.56 Å². The van der Waals surface area contributed by atoms with Crippen LogP contribution >= 0.6 is 23.1 Å². The van der Waals surface area contributed by atoms with Crippen LogP contribution in [0.15, 0.2) is 9.95 Å². The van der Waals surface area contributed by atoms with Crippen LogP contribution in [-0.4, -0.2) is 28.0 Å². The van der Waals surface area contributed by atoms with Crippen molar-refractivity contribution in [2.75, 3.05) is 12.4 Å². The summed E-state index contributed by atoms with van der Waals surface area (Å²) in [5, 5.41) is 10.4. The second-order valence-electron chi connectivity index (χ2n) is 6.59. The van der Waals surface area contributed by atoms with Crippen LogP contribution in [0.4, 0.5) is 0 Å². The summed E-state index contributed by atoms with van der Waals surface area (Å²) >= 11 is 3.20. The molecule has 0 amide bonds. The summed E-state index contributed by atoms with van der Waals surface area (Å²) in [6.07, 6.45) is 7.03. The van der Waals surface area contributed by atoms with E-state index < -0.39 is 0 Å². The van der Waals surface area contributed by atoms with Crippen LogP contribution in [0.5, 0.6) is 0 Å². The van der Waals surface area contributed by atoms with Crippen LogP contribution in [0.1, 0.15) is 42.5 Å². The molecule has 1 aliphatic carbocycles. The van der Waals surface area contributed by atoms with E-state index in [-0.39, 0.29) is 11.7 Å². The SMILES string of the molecule is N#CCCSc1nc2sc3c(c2c(=O)n1CC1CCCO1)CCCC3.